The summed E-state index contributed by atoms with van der Waals surface area (Å²) in [5, 5.41) is 14.2. The van der Waals surface area contributed by atoms with Crippen LogP contribution in [0.1, 0.15) is 17.4 Å². The molecule has 1 N–H and O–H groups in total. The van der Waals surface area contributed by atoms with Crippen LogP contribution in [0, 0.1) is 6.92 Å². The van der Waals surface area contributed by atoms with E-state index in [0.29, 0.717) is 43.2 Å². The molecule has 8 nitrogen and oxygen atoms in total. The van der Waals surface area contributed by atoms with Crippen LogP contribution >= 0.6 is 0 Å². The zero-order valence-corrected chi connectivity index (χ0v) is 15.5. The predicted octanol–water partition coefficient (Wildman–Crippen LogP) is 2.39. The average Bonchev–Trinajstić information content (AvgIpc) is 3.11. The highest BCUT2D eigenvalue weighted by Gasteiger charge is 2.36. The Morgan fingerprint density at radius 2 is 1.89 bits per heavy atom. The van der Waals surface area contributed by atoms with Gasteiger partial charge < -0.3 is 14.5 Å². The molecule has 1 aliphatic heterocycles. The van der Waals surface area contributed by atoms with E-state index in [4.69, 9.17) is 4.52 Å². The molecule has 28 heavy (non-hydrogen) atoms. The minimum absolute atomic E-state index is 0.530. The van der Waals surface area contributed by atoms with Gasteiger partial charge in [-0.1, -0.05) is 35.5 Å². The first-order valence-corrected chi connectivity index (χ1v) is 9.14. The van der Waals surface area contributed by atoms with Crippen molar-refractivity contribution >= 4 is 11.8 Å². The number of rotatable bonds is 5. The van der Waals surface area contributed by atoms with E-state index >= 15 is 0 Å². The van der Waals surface area contributed by atoms with Crippen molar-refractivity contribution in [1.82, 2.24) is 20.0 Å². The molecule has 3 heterocycles. The Kier molecular flexibility index (Phi) is 5.03. The van der Waals surface area contributed by atoms with Crippen LogP contribution in [0.25, 0.3) is 11.3 Å². The molecule has 1 fully saturated rings. The Morgan fingerprint density at radius 1 is 1.14 bits per heavy atom. The van der Waals surface area contributed by atoms with E-state index in [0.717, 1.165) is 11.4 Å². The van der Waals surface area contributed by atoms with Crippen molar-refractivity contribution in [1.29, 1.82) is 0 Å². The zero-order valence-electron chi connectivity index (χ0n) is 15.5. The van der Waals surface area contributed by atoms with Gasteiger partial charge in [-0.2, -0.15) is 0 Å². The quantitative estimate of drug-likeness (QED) is 0.722. The van der Waals surface area contributed by atoms with E-state index in [9.17, 15) is 9.90 Å². The van der Waals surface area contributed by atoms with Gasteiger partial charge >= 0.3 is 5.97 Å². The van der Waals surface area contributed by atoms with Crippen LogP contribution in [-0.4, -0.2) is 57.3 Å². The molecule has 2 aromatic heterocycles. The van der Waals surface area contributed by atoms with Crippen LogP contribution in [0.2, 0.25) is 0 Å². The zero-order chi connectivity index (χ0) is 19.5. The monoisotopic (exact) mass is 379 g/mol. The molecular formula is C20H21N5O3. The van der Waals surface area contributed by atoms with Crippen molar-refractivity contribution in [3.05, 3.63) is 60.2 Å². The van der Waals surface area contributed by atoms with Gasteiger partial charge in [0.1, 0.15) is 23.3 Å². The fourth-order valence-electron chi connectivity index (χ4n) is 3.63. The molecule has 0 saturated carbocycles. The van der Waals surface area contributed by atoms with Crippen LogP contribution < -0.4 is 4.90 Å². The molecule has 0 aliphatic carbocycles. The maximum Gasteiger partial charge on any atom is 0.325 e. The third-order valence-electron chi connectivity index (χ3n) is 5.02. The van der Waals surface area contributed by atoms with E-state index in [1.807, 2.05) is 35.2 Å². The number of hydrogen-bond donors (Lipinski definition) is 1. The van der Waals surface area contributed by atoms with E-state index in [1.54, 1.807) is 25.5 Å². The van der Waals surface area contributed by atoms with Crippen molar-refractivity contribution < 1.29 is 14.4 Å². The lowest BCUT2D eigenvalue weighted by molar-refractivity contribution is -0.143. The van der Waals surface area contributed by atoms with Gasteiger partial charge in [0, 0.05) is 44.1 Å². The minimum atomic E-state index is -0.906. The standard InChI is InChI=1S/C20H21N5O3/c1-14-17(18(23-28-14)15-5-3-2-4-6-15)19(20(26)27)25-11-9-24(10-12-25)16-13-21-7-8-22-16/h2-8,13,19H,9-12H2,1H3,(H,26,27). The maximum absolute atomic E-state index is 12.2. The van der Waals surface area contributed by atoms with Crippen LogP contribution in [0.4, 0.5) is 5.82 Å². The summed E-state index contributed by atoms with van der Waals surface area (Å²) in [6.45, 7) is 4.29. The Morgan fingerprint density at radius 3 is 2.54 bits per heavy atom. The Hall–Kier alpha value is -3.26. The van der Waals surface area contributed by atoms with E-state index in [2.05, 4.69) is 20.0 Å². The largest absolute Gasteiger partial charge is 0.480 e. The van der Waals surface area contributed by atoms with Crippen LogP contribution in [0.15, 0.2) is 53.4 Å². The van der Waals surface area contributed by atoms with Gasteiger partial charge in [-0.05, 0) is 6.92 Å². The lowest BCUT2D eigenvalue weighted by Gasteiger charge is -2.38. The molecule has 8 heteroatoms. The second-order valence-electron chi connectivity index (χ2n) is 6.69. The van der Waals surface area contributed by atoms with Crippen molar-refractivity contribution in [2.24, 2.45) is 0 Å². The first kappa shape index (κ1) is 18.1. The lowest BCUT2D eigenvalue weighted by atomic mass is 9.98. The summed E-state index contributed by atoms with van der Waals surface area (Å²) in [7, 11) is 0. The second kappa shape index (κ2) is 7.77. The average molecular weight is 379 g/mol. The Bertz CT molecular complexity index is 937. The number of aromatic nitrogens is 3. The van der Waals surface area contributed by atoms with Crippen molar-refractivity contribution in [3.8, 4) is 11.3 Å². The van der Waals surface area contributed by atoms with Gasteiger partial charge in [0.25, 0.3) is 0 Å². The summed E-state index contributed by atoms with van der Waals surface area (Å²) >= 11 is 0. The van der Waals surface area contributed by atoms with Gasteiger partial charge in [0.2, 0.25) is 0 Å². The summed E-state index contributed by atoms with van der Waals surface area (Å²) in [6, 6.07) is 8.72. The normalized spacial score (nSPS) is 16.1. The molecule has 1 aromatic carbocycles. The van der Waals surface area contributed by atoms with Gasteiger partial charge in [0.05, 0.1) is 11.8 Å². The van der Waals surface area contributed by atoms with Crippen LogP contribution in [0.3, 0.4) is 0 Å². The molecule has 3 aromatic rings. The maximum atomic E-state index is 12.2. The van der Waals surface area contributed by atoms with Gasteiger partial charge in [-0.25, -0.2) is 4.98 Å². The number of hydrogen-bond acceptors (Lipinski definition) is 7. The second-order valence-corrected chi connectivity index (χ2v) is 6.69. The first-order valence-electron chi connectivity index (χ1n) is 9.14. The van der Waals surface area contributed by atoms with Crippen molar-refractivity contribution in [2.75, 3.05) is 31.1 Å². The smallest absolute Gasteiger partial charge is 0.325 e. The van der Waals surface area contributed by atoms with E-state index in [-0.39, 0.29) is 0 Å². The fraction of sp³-hybridized carbons (Fsp3) is 0.300. The fourth-order valence-corrected chi connectivity index (χ4v) is 3.63. The first-order chi connectivity index (χ1) is 13.6. The molecule has 0 radical (unpaired) electrons. The summed E-state index contributed by atoms with van der Waals surface area (Å²) in [5.41, 5.74) is 2.05. The predicted molar refractivity (Wildman–Crippen MR) is 103 cm³/mol. The molecule has 1 aliphatic rings. The number of benzene rings is 1. The SMILES string of the molecule is Cc1onc(-c2ccccc2)c1C(C(=O)O)N1CCN(c2cnccn2)CC1. The number of nitrogens with zero attached hydrogens (tertiary/aromatic N) is 5. The van der Waals surface area contributed by atoms with Gasteiger partial charge in [-0.3, -0.25) is 14.7 Å². The van der Waals surface area contributed by atoms with Crippen molar-refractivity contribution in [2.45, 2.75) is 13.0 Å². The van der Waals surface area contributed by atoms with E-state index in [1.165, 1.54) is 0 Å². The summed E-state index contributed by atoms with van der Waals surface area (Å²) < 4.78 is 5.39. The molecule has 1 unspecified atom stereocenters. The number of carboxylic acids is 1. The highest BCUT2D eigenvalue weighted by molar-refractivity contribution is 5.80. The number of aryl methyl sites for hydroxylation is 1. The van der Waals surface area contributed by atoms with Gasteiger partial charge in [0.15, 0.2) is 0 Å². The number of carbonyl (C=O) groups is 1. The third-order valence-corrected chi connectivity index (χ3v) is 5.02. The number of piperazine rings is 1. The number of anilines is 1. The molecule has 0 bridgehead atoms. The number of aliphatic carboxylic acids is 1. The minimum Gasteiger partial charge on any atom is -0.480 e. The molecule has 144 valence electrons. The Labute approximate surface area is 162 Å². The summed E-state index contributed by atoms with van der Waals surface area (Å²) in [4.78, 5) is 24.7. The highest BCUT2D eigenvalue weighted by Crippen LogP contribution is 2.34. The number of carboxylic acid groups (broad SMARTS) is 1. The summed E-state index contributed by atoms with van der Waals surface area (Å²) in [5.74, 6) is 0.430. The Balaban J connectivity index is 1.60. The van der Waals surface area contributed by atoms with Crippen LogP contribution in [0.5, 0.6) is 0 Å². The molecule has 0 spiro atoms. The van der Waals surface area contributed by atoms with Crippen molar-refractivity contribution in [3.63, 3.8) is 0 Å². The molecular weight excluding hydrogens is 358 g/mol. The summed E-state index contributed by atoms with van der Waals surface area (Å²) in [6.07, 6.45) is 5.02. The molecule has 1 saturated heterocycles. The van der Waals surface area contributed by atoms with E-state index < -0.39 is 12.0 Å². The molecule has 0 amide bonds. The highest BCUT2D eigenvalue weighted by atomic mass is 16.5. The van der Waals surface area contributed by atoms with Gasteiger partial charge in [-0.15, -0.1) is 0 Å². The third kappa shape index (κ3) is 3.46. The molecule has 1 atom stereocenters. The molecule has 4 rings (SSSR count). The topological polar surface area (TPSA) is 95.6 Å². The van der Waals surface area contributed by atoms with Crippen LogP contribution in [-0.2, 0) is 4.79 Å². The lowest BCUT2D eigenvalue weighted by Crippen LogP contribution is -2.49.